The van der Waals surface area contributed by atoms with Crippen molar-refractivity contribution in [1.82, 2.24) is 10.6 Å². The number of carbonyl (C=O) groups excluding carboxylic acids is 4. The predicted octanol–water partition coefficient (Wildman–Crippen LogP) is 0.450. The van der Waals surface area contributed by atoms with Gasteiger partial charge in [0.15, 0.2) is 0 Å². The third-order valence-corrected chi connectivity index (χ3v) is 5.17. The monoisotopic (exact) mass is 453 g/mol. The van der Waals surface area contributed by atoms with Crippen molar-refractivity contribution in [2.24, 2.45) is 0 Å². The summed E-state index contributed by atoms with van der Waals surface area (Å²) in [7, 11) is 3.91. The highest BCUT2D eigenvalue weighted by Gasteiger charge is 2.27. The van der Waals surface area contributed by atoms with Crippen LogP contribution in [0.4, 0.5) is 0 Å². The van der Waals surface area contributed by atoms with Crippen LogP contribution in [0, 0.1) is 0 Å². The number of quaternary nitrogens is 1. The van der Waals surface area contributed by atoms with E-state index in [1.54, 1.807) is 20.0 Å². The van der Waals surface area contributed by atoms with Crippen molar-refractivity contribution >= 4 is 24.1 Å². The molecule has 0 heterocycles. The minimum Gasteiger partial charge on any atom is -0.550 e. The largest absolute Gasteiger partial charge is 0.550 e. The van der Waals surface area contributed by atoms with Gasteiger partial charge in [-0.3, -0.25) is 4.79 Å². The third kappa shape index (κ3) is 13.6. The normalized spacial score (nSPS) is 12.6. The van der Waals surface area contributed by atoms with Gasteiger partial charge in [-0.2, -0.15) is 0 Å². The molecule has 0 saturated carbocycles. The number of esters is 1. The highest BCUT2D eigenvalue weighted by molar-refractivity contribution is 5.92. The molecule has 9 nitrogen and oxygen atoms in total. The molecule has 0 radical (unpaired) electrons. The van der Waals surface area contributed by atoms with Gasteiger partial charge in [0.1, 0.15) is 6.29 Å². The lowest BCUT2D eigenvalue weighted by atomic mass is 10.0. The Balaban J connectivity index is 4.28. The van der Waals surface area contributed by atoms with E-state index in [0.717, 1.165) is 6.29 Å². The molecule has 0 aliphatic rings. The average Bonchev–Trinajstić information content (AvgIpc) is 2.72. The summed E-state index contributed by atoms with van der Waals surface area (Å²) in [6.07, 6.45) is 5.39. The Morgan fingerprint density at radius 2 is 1.81 bits per heavy atom. The van der Waals surface area contributed by atoms with E-state index < -0.39 is 11.9 Å². The van der Waals surface area contributed by atoms with E-state index in [2.05, 4.69) is 17.2 Å². The maximum Gasteiger partial charge on any atom is 0.333 e. The molecule has 0 aromatic rings. The summed E-state index contributed by atoms with van der Waals surface area (Å²) in [5, 5.41) is 17.0. The Morgan fingerprint density at radius 3 is 2.41 bits per heavy atom. The molecule has 1 amide bonds. The topological polar surface area (TPSA) is 125 Å². The van der Waals surface area contributed by atoms with Crippen LogP contribution in [0.2, 0.25) is 0 Å². The number of aldehydes is 1. The van der Waals surface area contributed by atoms with Crippen LogP contribution in [0.5, 0.6) is 0 Å². The number of amides is 1. The smallest absolute Gasteiger partial charge is 0.333 e. The first-order valence-electron chi connectivity index (χ1n) is 11.0. The molecule has 1 atom stereocenters. The molecule has 0 bridgehead atoms. The molecule has 9 heteroatoms. The fraction of sp³-hybridized carbons (Fsp3) is 0.652. The minimum absolute atomic E-state index is 0.0574. The van der Waals surface area contributed by atoms with E-state index in [0.29, 0.717) is 67.4 Å². The number of aliphatic carboxylic acids is 1. The molecule has 0 aliphatic carbocycles. The molecule has 0 aliphatic heterocycles. The van der Waals surface area contributed by atoms with Gasteiger partial charge in [-0.25, -0.2) is 4.79 Å². The van der Waals surface area contributed by atoms with E-state index in [-0.39, 0.29) is 25.0 Å². The first kappa shape index (κ1) is 29.3. The fourth-order valence-electron chi connectivity index (χ4n) is 3.09. The number of unbranched alkanes of at least 4 members (excludes halogenated alkanes) is 1. The first-order chi connectivity index (χ1) is 15.0. The lowest BCUT2D eigenvalue weighted by Gasteiger charge is -2.38. The molecule has 0 rings (SSSR count). The van der Waals surface area contributed by atoms with Crippen molar-refractivity contribution in [3.05, 3.63) is 23.9 Å². The first-order valence-corrected chi connectivity index (χ1v) is 11.0. The SMILES string of the molecule is C=C(C)C(=O)OCCCNC=C(C)C(=O)NCCC[N+](C)(C)C(CCCC=O)CC(=O)[O-]. The second-order valence-corrected chi connectivity index (χ2v) is 8.49. The molecule has 0 aromatic heterocycles. The lowest BCUT2D eigenvalue weighted by molar-refractivity contribution is -0.915. The second kappa shape index (κ2) is 16.0. The van der Waals surface area contributed by atoms with Crippen molar-refractivity contribution in [2.45, 2.75) is 58.4 Å². The number of carbonyl (C=O) groups is 4. The van der Waals surface area contributed by atoms with E-state index in [9.17, 15) is 24.3 Å². The molecule has 2 N–H and O–H groups in total. The van der Waals surface area contributed by atoms with E-state index in [1.807, 2.05) is 14.1 Å². The maximum absolute atomic E-state index is 12.2. The number of hydrogen-bond acceptors (Lipinski definition) is 7. The zero-order chi connectivity index (χ0) is 24.6. The van der Waals surface area contributed by atoms with Gasteiger partial charge in [0, 0.05) is 62.1 Å². The van der Waals surface area contributed by atoms with Crippen molar-refractivity contribution in [3.8, 4) is 0 Å². The van der Waals surface area contributed by atoms with Crippen LogP contribution in [0.25, 0.3) is 0 Å². The molecule has 1 unspecified atom stereocenters. The van der Waals surface area contributed by atoms with E-state index in [4.69, 9.17) is 4.74 Å². The van der Waals surface area contributed by atoms with Crippen molar-refractivity contribution in [2.75, 3.05) is 40.3 Å². The predicted molar refractivity (Wildman–Crippen MR) is 120 cm³/mol. The number of nitrogens with one attached hydrogen (secondary N) is 2. The molecule has 32 heavy (non-hydrogen) atoms. The van der Waals surface area contributed by atoms with Gasteiger partial charge in [-0.05, 0) is 26.7 Å². The Hall–Kier alpha value is -2.68. The van der Waals surface area contributed by atoms with Crippen LogP contribution in [-0.4, -0.2) is 75.0 Å². The average molecular weight is 454 g/mol. The Bertz CT molecular complexity index is 673. The Morgan fingerprint density at radius 1 is 1.12 bits per heavy atom. The summed E-state index contributed by atoms with van der Waals surface area (Å²) in [5.74, 6) is -1.69. The summed E-state index contributed by atoms with van der Waals surface area (Å²) < 4.78 is 5.47. The number of ether oxygens (including phenoxy) is 1. The molecule has 182 valence electrons. The molecule has 0 aromatic carbocycles. The molecule has 0 fully saturated rings. The van der Waals surface area contributed by atoms with Gasteiger partial charge in [0.2, 0.25) is 5.91 Å². The number of nitrogens with zero attached hydrogens (tertiary/aromatic N) is 1. The van der Waals surface area contributed by atoms with E-state index >= 15 is 0 Å². The van der Waals surface area contributed by atoms with E-state index in [1.165, 1.54) is 0 Å². The van der Waals surface area contributed by atoms with Gasteiger partial charge >= 0.3 is 5.97 Å². The second-order valence-electron chi connectivity index (χ2n) is 8.49. The summed E-state index contributed by atoms with van der Waals surface area (Å²) in [4.78, 5) is 45.1. The van der Waals surface area contributed by atoms with Crippen LogP contribution in [0.3, 0.4) is 0 Å². The van der Waals surface area contributed by atoms with Gasteiger partial charge in [0.25, 0.3) is 0 Å². The highest BCUT2D eigenvalue weighted by Crippen LogP contribution is 2.17. The van der Waals surface area contributed by atoms with Gasteiger partial charge in [-0.15, -0.1) is 0 Å². The third-order valence-electron chi connectivity index (χ3n) is 5.17. The summed E-state index contributed by atoms with van der Waals surface area (Å²) in [5.41, 5.74) is 0.890. The highest BCUT2D eigenvalue weighted by atomic mass is 16.5. The molecule has 0 saturated heterocycles. The minimum atomic E-state index is -1.09. The van der Waals surface area contributed by atoms with Gasteiger partial charge in [-0.1, -0.05) is 6.58 Å². The van der Waals surface area contributed by atoms with Crippen LogP contribution in [0.1, 0.15) is 52.4 Å². The Kier molecular flexibility index (Phi) is 14.7. The summed E-state index contributed by atoms with van der Waals surface area (Å²) in [6.45, 7) is 8.79. The molecular weight excluding hydrogens is 414 g/mol. The number of rotatable bonds is 18. The van der Waals surface area contributed by atoms with Crippen molar-refractivity contribution < 1.29 is 33.5 Å². The van der Waals surface area contributed by atoms with Gasteiger partial charge in [0.05, 0.1) is 33.3 Å². The quantitative estimate of drug-likeness (QED) is 0.101. The number of carboxylic acids is 1. The maximum atomic E-state index is 12.2. The number of hydrogen-bond donors (Lipinski definition) is 2. The van der Waals surface area contributed by atoms with Crippen LogP contribution >= 0.6 is 0 Å². The number of carboxylic acid groups (broad SMARTS) is 1. The fourth-order valence-corrected chi connectivity index (χ4v) is 3.09. The molecule has 0 spiro atoms. The van der Waals surface area contributed by atoms with Crippen LogP contribution in [0.15, 0.2) is 23.9 Å². The van der Waals surface area contributed by atoms with Crippen molar-refractivity contribution in [1.29, 1.82) is 0 Å². The van der Waals surface area contributed by atoms with Gasteiger partial charge < -0.3 is 34.5 Å². The zero-order valence-corrected chi connectivity index (χ0v) is 19.9. The standard InChI is InChI=1S/C23H39N3O6/c1-18(2)23(31)32-15-9-11-24-17-19(3)22(30)25-12-8-13-26(4,5)20(16-21(28)29)10-6-7-14-27/h14,17,20H,1,6-13,15-16H2,2-5H3,(H2-,24,25,28,29,30). The van der Waals surface area contributed by atoms with Crippen LogP contribution in [-0.2, 0) is 23.9 Å². The summed E-state index contributed by atoms with van der Waals surface area (Å²) in [6, 6.07) is -0.142. The Labute approximate surface area is 191 Å². The molecular formula is C23H39N3O6. The van der Waals surface area contributed by atoms with Crippen LogP contribution < -0.4 is 15.7 Å². The van der Waals surface area contributed by atoms with Crippen molar-refractivity contribution in [3.63, 3.8) is 0 Å². The lowest BCUT2D eigenvalue weighted by Crippen LogP contribution is -2.52. The zero-order valence-electron chi connectivity index (χ0n) is 19.9. The summed E-state index contributed by atoms with van der Waals surface area (Å²) >= 11 is 0.